The van der Waals surface area contributed by atoms with E-state index in [1.165, 1.54) is 34.2 Å². The van der Waals surface area contributed by atoms with Crippen molar-refractivity contribution in [2.75, 3.05) is 5.75 Å². The van der Waals surface area contributed by atoms with Gasteiger partial charge in [-0.05, 0) is 18.6 Å². The van der Waals surface area contributed by atoms with Gasteiger partial charge in [-0.1, -0.05) is 82.9 Å². The second kappa shape index (κ2) is 9.92. The number of para-hydroxylation sites is 1. The Bertz CT molecular complexity index is 1170. The molecule has 0 aliphatic rings. The van der Waals surface area contributed by atoms with E-state index in [0.717, 1.165) is 30.9 Å². The van der Waals surface area contributed by atoms with Crippen LogP contribution in [0.2, 0.25) is 0 Å². The van der Waals surface area contributed by atoms with E-state index < -0.39 is 0 Å². The molecule has 30 heavy (non-hydrogen) atoms. The average molecular weight is 454 g/mol. The summed E-state index contributed by atoms with van der Waals surface area (Å²) in [6.07, 6.45) is 3.51. The monoisotopic (exact) mass is 453 g/mol. The number of aromatic nitrogens is 3. The summed E-state index contributed by atoms with van der Waals surface area (Å²) in [6, 6.07) is 16.4. The number of carbonyl (C=O) groups excluding carboxylic acids is 1. The minimum Gasteiger partial charge on any atom is -0.361 e. The fraction of sp³-hybridized carbons (Fsp3) is 0.143. The van der Waals surface area contributed by atoms with Gasteiger partial charge in [-0.15, -0.1) is 10.2 Å². The molecule has 0 unspecified atom stereocenters. The Kier molecular flexibility index (Phi) is 6.83. The highest BCUT2D eigenvalue weighted by molar-refractivity contribution is 8.03. The number of thioether (sulfide) groups is 2. The molecule has 0 saturated carbocycles. The van der Waals surface area contributed by atoms with Gasteiger partial charge in [-0.3, -0.25) is 4.79 Å². The molecule has 6 nitrogen and oxygen atoms in total. The van der Waals surface area contributed by atoms with E-state index in [2.05, 4.69) is 56.9 Å². The lowest BCUT2D eigenvalue weighted by Crippen LogP contribution is -2.19. The summed E-state index contributed by atoms with van der Waals surface area (Å²) in [7, 11) is 0. The van der Waals surface area contributed by atoms with Crippen molar-refractivity contribution >= 4 is 57.9 Å². The van der Waals surface area contributed by atoms with E-state index in [0.29, 0.717) is 0 Å². The van der Waals surface area contributed by atoms with Gasteiger partial charge in [0.05, 0.1) is 12.0 Å². The molecule has 2 aromatic carbocycles. The third kappa shape index (κ3) is 5.50. The van der Waals surface area contributed by atoms with Gasteiger partial charge in [0, 0.05) is 28.4 Å². The number of hydrazone groups is 1. The average Bonchev–Trinajstić information content (AvgIpc) is 3.39. The summed E-state index contributed by atoms with van der Waals surface area (Å²) in [6.45, 7) is 2.08. The highest BCUT2D eigenvalue weighted by atomic mass is 32.2. The van der Waals surface area contributed by atoms with Crippen molar-refractivity contribution in [3.05, 3.63) is 71.4 Å². The smallest absolute Gasteiger partial charge is 0.250 e. The third-order valence-corrected chi connectivity index (χ3v) is 7.47. The van der Waals surface area contributed by atoms with E-state index in [-0.39, 0.29) is 11.7 Å². The zero-order chi connectivity index (χ0) is 20.8. The minimum absolute atomic E-state index is 0.180. The van der Waals surface area contributed by atoms with Gasteiger partial charge in [-0.2, -0.15) is 5.10 Å². The van der Waals surface area contributed by atoms with Crippen LogP contribution >= 0.6 is 34.9 Å². The molecule has 0 aliphatic heterocycles. The van der Waals surface area contributed by atoms with E-state index in [9.17, 15) is 4.79 Å². The number of rotatable bonds is 8. The molecular formula is C21H19N5OS3. The van der Waals surface area contributed by atoms with Gasteiger partial charge in [0.15, 0.2) is 8.68 Å². The van der Waals surface area contributed by atoms with Crippen molar-refractivity contribution < 1.29 is 4.79 Å². The standard InChI is InChI=1S/C21H19N5OS3/c1-14-6-8-15(9-7-14)12-28-20-25-26-21(30-20)29-13-19(27)24-23-11-16-10-22-18-5-3-2-4-17(16)18/h2-11,22H,12-13H2,1H3,(H,24,27)/b23-11+. The van der Waals surface area contributed by atoms with E-state index in [1.807, 2.05) is 30.5 Å². The molecule has 0 fully saturated rings. The molecule has 9 heteroatoms. The molecule has 1 amide bonds. The van der Waals surface area contributed by atoms with Crippen LogP contribution in [-0.4, -0.2) is 33.1 Å². The predicted octanol–water partition coefficient (Wildman–Crippen LogP) is 4.86. The van der Waals surface area contributed by atoms with Crippen LogP contribution in [0.25, 0.3) is 10.9 Å². The van der Waals surface area contributed by atoms with Crippen LogP contribution in [0, 0.1) is 6.92 Å². The molecule has 0 atom stereocenters. The summed E-state index contributed by atoms with van der Waals surface area (Å²) in [5.74, 6) is 0.908. The van der Waals surface area contributed by atoms with Crippen molar-refractivity contribution in [3.63, 3.8) is 0 Å². The first kappa shape index (κ1) is 20.6. The molecular weight excluding hydrogens is 434 g/mol. The molecule has 2 heterocycles. The van der Waals surface area contributed by atoms with Gasteiger partial charge >= 0.3 is 0 Å². The number of H-pyrrole nitrogens is 1. The Hall–Kier alpha value is -2.62. The Morgan fingerprint density at radius 1 is 1.13 bits per heavy atom. The van der Waals surface area contributed by atoms with Crippen molar-refractivity contribution in [3.8, 4) is 0 Å². The van der Waals surface area contributed by atoms with Crippen LogP contribution < -0.4 is 5.43 Å². The zero-order valence-electron chi connectivity index (χ0n) is 16.2. The fourth-order valence-corrected chi connectivity index (χ4v) is 5.45. The van der Waals surface area contributed by atoms with Crippen LogP contribution in [-0.2, 0) is 10.5 Å². The number of aryl methyl sites for hydroxylation is 1. The zero-order valence-corrected chi connectivity index (χ0v) is 18.6. The first-order valence-corrected chi connectivity index (χ1v) is 12.0. The molecule has 2 N–H and O–H groups in total. The van der Waals surface area contributed by atoms with Crippen LogP contribution in [0.3, 0.4) is 0 Å². The van der Waals surface area contributed by atoms with E-state index in [4.69, 9.17) is 0 Å². The highest BCUT2D eigenvalue weighted by Gasteiger charge is 2.09. The van der Waals surface area contributed by atoms with Gasteiger partial charge in [0.25, 0.3) is 5.91 Å². The van der Waals surface area contributed by atoms with E-state index >= 15 is 0 Å². The quantitative estimate of drug-likeness (QED) is 0.226. The summed E-state index contributed by atoms with van der Waals surface area (Å²) in [5, 5.41) is 13.5. The van der Waals surface area contributed by atoms with E-state index in [1.54, 1.807) is 18.0 Å². The molecule has 0 aliphatic carbocycles. The van der Waals surface area contributed by atoms with Crippen molar-refractivity contribution in [1.29, 1.82) is 0 Å². The molecule has 4 aromatic rings. The Morgan fingerprint density at radius 3 is 2.73 bits per heavy atom. The van der Waals surface area contributed by atoms with Crippen LogP contribution in [0.15, 0.2) is 68.5 Å². The summed E-state index contributed by atoms with van der Waals surface area (Å²) in [5.41, 5.74) is 7.03. The van der Waals surface area contributed by atoms with Crippen molar-refractivity contribution in [1.82, 2.24) is 20.6 Å². The van der Waals surface area contributed by atoms with Gasteiger partial charge in [0.1, 0.15) is 0 Å². The summed E-state index contributed by atoms with van der Waals surface area (Å²) >= 11 is 4.52. The number of carbonyl (C=O) groups is 1. The molecule has 152 valence electrons. The summed E-state index contributed by atoms with van der Waals surface area (Å²) < 4.78 is 1.67. The van der Waals surface area contributed by atoms with Crippen LogP contribution in [0.1, 0.15) is 16.7 Å². The maximum atomic E-state index is 12.1. The van der Waals surface area contributed by atoms with Crippen molar-refractivity contribution in [2.24, 2.45) is 5.10 Å². The Balaban J connectivity index is 1.22. The Labute approximate surface area is 186 Å². The van der Waals surface area contributed by atoms with Crippen LogP contribution in [0.4, 0.5) is 0 Å². The Morgan fingerprint density at radius 2 is 1.90 bits per heavy atom. The lowest BCUT2D eigenvalue weighted by Gasteiger charge is -1.99. The molecule has 2 aromatic heterocycles. The second-order valence-corrected chi connectivity index (χ2v) is 9.90. The van der Waals surface area contributed by atoms with Gasteiger partial charge in [0.2, 0.25) is 0 Å². The lowest BCUT2D eigenvalue weighted by molar-refractivity contribution is -0.118. The maximum Gasteiger partial charge on any atom is 0.250 e. The number of aromatic amines is 1. The number of benzene rings is 2. The SMILES string of the molecule is Cc1ccc(CSc2nnc(SCC(=O)N/N=C/c3c[nH]c4ccccc34)s2)cc1. The largest absolute Gasteiger partial charge is 0.361 e. The molecule has 0 saturated heterocycles. The minimum atomic E-state index is -0.180. The number of hydrogen-bond acceptors (Lipinski definition) is 7. The van der Waals surface area contributed by atoms with Gasteiger partial charge in [-0.25, -0.2) is 5.43 Å². The van der Waals surface area contributed by atoms with Crippen molar-refractivity contribution in [2.45, 2.75) is 21.4 Å². The third-order valence-electron chi connectivity index (χ3n) is 4.21. The predicted molar refractivity (Wildman–Crippen MR) is 125 cm³/mol. The first-order valence-electron chi connectivity index (χ1n) is 9.20. The number of nitrogens with zero attached hydrogens (tertiary/aromatic N) is 3. The number of hydrogen-bond donors (Lipinski definition) is 2. The lowest BCUT2D eigenvalue weighted by atomic mass is 10.2. The molecule has 4 rings (SSSR count). The van der Waals surface area contributed by atoms with Crippen LogP contribution in [0.5, 0.6) is 0 Å². The van der Waals surface area contributed by atoms with Gasteiger partial charge < -0.3 is 4.98 Å². The number of fused-ring (bicyclic) bond motifs is 1. The molecule has 0 spiro atoms. The normalized spacial score (nSPS) is 11.4. The molecule has 0 radical (unpaired) electrons. The second-order valence-electron chi connectivity index (χ2n) is 6.48. The first-order chi connectivity index (χ1) is 14.7. The number of nitrogens with one attached hydrogen (secondary N) is 2. The fourth-order valence-electron chi connectivity index (χ4n) is 2.68. The highest BCUT2D eigenvalue weighted by Crippen LogP contribution is 2.30. The number of amides is 1. The maximum absolute atomic E-state index is 12.1. The topological polar surface area (TPSA) is 83.0 Å². The molecule has 0 bridgehead atoms. The summed E-state index contributed by atoms with van der Waals surface area (Å²) in [4.78, 5) is 15.2.